The first-order valence-electron chi connectivity index (χ1n) is 4.36. The molecule has 0 bridgehead atoms. The Kier molecular flexibility index (Phi) is 2.95. The van der Waals surface area contributed by atoms with E-state index in [2.05, 4.69) is 0 Å². The molecule has 1 rings (SSSR count). The normalized spacial score (nSPS) is 12.1. The SMILES string of the molecule is Cc1cccc(F)c1S(=O)(=O)C(C)C. The summed E-state index contributed by atoms with van der Waals surface area (Å²) in [5.41, 5.74) is 0.457. The van der Waals surface area contributed by atoms with E-state index in [0.717, 1.165) is 0 Å². The molecule has 0 saturated heterocycles. The summed E-state index contributed by atoms with van der Waals surface area (Å²) in [6, 6.07) is 4.27. The third-order valence-electron chi connectivity index (χ3n) is 2.07. The van der Waals surface area contributed by atoms with E-state index in [1.807, 2.05) is 0 Å². The van der Waals surface area contributed by atoms with Gasteiger partial charge in [0.25, 0.3) is 0 Å². The first-order valence-corrected chi connectivity index (χ1v) is 5.91. The molecule has 0 radical (unpaired) electrons. The van der Waals surface area contributed by atoms with Gasteiger partial charge in [0.2, 0.25) is 0 Å². The zero-order valence-electron chi connectivity index (χ0n) is 8.41. The molecule has 0 aliphatic carbocycles. The molecule has 4 heteroatoms. The van der Waals surface area contributed by atoms with Gasteiger partial charge in [-0.05, 0) is 32.4 Å². The molecule has 14 heavy (non-hydrogen) atoms. The Morgan fingerprint density at radius 2 is 1.86 bits per heavy atom. The molecule has 2 nitrogen and oxygen atoms in total. The summed E-state index contributed by atoms with van der Waals surface area (Å²) >= 11 is 0. The minimum absolute atomic E-state index is 0.171. The van der Waals surface area contributed by atoms with Crippen molar-refractivity contribution in [3.8, 4) is 0 Å². The first-order chi connectivity index (χ1) is 6.37. The predicted molar refractivity (Wildman–Crippen MR) is 53.5 cm³/mol. The Hall–Kier alpha value is -0.900. The Morgan fingerprint density at radius 3 is 2.29 bits per heavy atom. The zero-order valence-corrected chi connectivity index (χ0v) is 9.23. The highest BCUT2D eigenvalue weighted by atomic mass is 32.2. The van der Waals surface area contributed by atoms with E-state index in [0.29, 0.717) is 5.56 Å². The molecule has 0 amide bonds. The number of benzene rings is 1. The Bertz CT molecular complexity index is 415. The van der Waals surface area contributed by atoms with Crippen LogP contribution in [0.4, 0.5) is 4.39 Å². The van der Waals surface area contributed by atoms with Gasteiger partial charge >= 0.3 is 0 Å². The highest BCUT2D eigenvalue weighted by Gasteiger charge is 2.24. The van der Waals surface area contributed by atoms with Crippen LogP contribution in [0.25, 0.3) is 0 Å². The second-order valence-electron chi connectivity index (χ2n) is 3.48. The van der Waals surface area contributed by atoms with Crippen molar-refractivity contribution in [2.75, 3.05) is 0 Å². The summed E-state index contributed by atoms with van der Waals surface area (Å²) in [5, 5.41) is -0.599. The predicted octanol–water partition coefficient (Wildman–Crippen LogP) is 2.32. The van der Waals surface area contributed by atoms with E-state index >= 15 is 0 Å². The van der Waals surface area contributed by atoms with Gasteiger partial charge in [-0.2, -0.15) is 0 Å². The van der Waals surface area contributed by atoms with Gasteiger partial charge < -0.3 is 0 Å². The van der Waals surface area contributed by atoms with Gasteiger partial charge in [-0.3, -0.25) is 0 Å². The highest BCUT2D eigenvalue weighted by Crippen LogP contribution is 2.22. The van der Waals surface area contributed by atoms with Crippen LogP contribution in [-0.4, -0.2) is 13.7 Å². The van der Waals surface area contributed by atoms with Crippen molar-refractivity contribution in [3.05, 3.63) is 29.6 Å². The molecule has 1 aromatic carbocycles. The van der Waals surface area contributed by atoms with Crippen LogP contribution in [0, 0.1) is 12.7 Å². The van der Waals surface area contributed by atoms with Crippen LogP contribution in [0.3, 0.4) is 0 Å². The molecule has 0 fully saturated rings. The minimum Gasteiger partial charge on any atom is -0.223 e. The number of sulfone groups is 1. The lowest BCUT2D eigenvalue weighted by Crippen LogP contribution is -2.16. The monoisotopic (exact) mass is 216 g/mol. The van der Waals surface area contributed by atoms with Gasteiger partial charge in [0.1, 0.15) is 10.7 Å². The molecule has 0 atom stereocenters. The lowest BCUT2D eigenvalue weighted by atomic mass is 10.2. The fraction of sp³-hybridized carbons (Fsp3) is 0.400. The van der Waals surface area contributed by atoms with Crippen LogP contribution >= 0.6 is 0 Å². The van der Waals surface area contributed by atoms with E-state index in [-0.39, 0.29) is 4.90 Å². The maximum Gasteiger partial charge on any atom is 0.183 e. The third kappa shape index (κ3) is 1.80. The molecular weight excluding hydrogens is 203 g/mol. The van der Waals surface area contributed by atoms with Crippen LogP contribution in [0.5, 0.6) is 0 Å². The van der Waals surface area contributed by atoms with Crippen LogP contribution in [0.1, 0.15) is 19.4 Å². The summed E-state index contributed by atoms with van der Waals surface area (Å²) in [4.78, 5) is -0.171. The first kappa shape index (κ1) is 11.2. The average Bonchev–Trinajstić information content (AvgIpc) is 2.02. The summed E-state index contributed by atoms with van der Waals surface area (Å²) in [7, 11) is -3.51. The van der Waals surface area contributed by atoms with Crippen molar-refractivity contribution in [1.29, 1.82) is 0 Å². The van der Waals surface area contributed by atoms with Crippen LogP contribution in [0.2, 0.25) is 0 Å². The zero-order chi connectivity index (χ0) is 10.9. The number of hydrogen-bond donors (Lipinski definition) is 0. The van der Waals surface area contributed by atoms with Crippen molar-refractivity contribution in [1.82, 2.24) is 0 Å². The third-order valence-corrected chi connectivity index (χ3v) is 4.40. The molecule has 0 N–H and O–H groups in total. The van der Waals surface area contributed by atoms with E-state index in [9.17, 15) is 12.8 Å². The van der Waals surface area contributed by atoms with Crippen LogP contribution in [-0.2, 0) is 9.84 Å². The number of aryl methyl sites for hydroxylation is 1. The van der Waals surface area contributed by atoms with Crippen molar-refractivity contribution < 1.29 is 12.8 Å². The van der Waals surface area contributed by atoms with Gasteiger partial charge in [-0.1, -0.05) is 12.1 Å². The number of rotatable bonds is 2. The number of halogens is 1. The van der Waals surface area contributed by atoms with Crippen LogP contribution in [0.15, 0.2) is 23.1 Å². The molecule has 0 unspecified atom stereocenters. The van der Waals surface area contributed by atoms with Gasteiger partial charge in [0.05, 0.1) is 5.25 Å². The highest BCUT2D eigenvalue weighted by molar-refractivity contribution is 7.92. The number of hydrogen-bond acceptors (Lipinski definition) is 2. The standard InChI is InChI=1S/C10H13FO2S/c1-7(2)14(12,13)10-8(3)5-4-6-9(10)11/h4-7H,1-3H3. The smallest absolute Gasteiger partial charge is 0.183 e. The molecule has 0 aliphatic heterocycles. The Morgan fingerprint density at radius 1 is 1.29 bits per heavy atom. The van der Waals surface area contributed by atoms with Crippen molar-refractivity contribution in [2.45, 2.75) is 30.9 Å². The summed E-state index contributed by atoms with van der Waals surface area (Å²) in [6.45, 7) is 4.68. The van der Waals surface area contributed by atoms with Gasteiger partial charge in [0, 0.05) is 0 Å². The molecule has 1 aromatic rings. The van der Waals surface area contributed by atoms with E-state index < -0.39 is 20.9 Å². The van der Waals surface area contributed by atoms with Crippen LogP contribution < -0.4 is 0 Å². The maximum atomic E-state index is 13.3. The molecule has 78 valence electrons. The van der Waals surface area contributed by atoms with E-state index in [4.69, 9.17) is 0 Å². The fourth-order valence-electron chi connectivity index (χ4n) is 1.21. The molecular formula is C10H13FO2S. The van der Waals surface area contributed by atoms with Crippen molar-refractivity contribution >= 4 is 9.84 Å². The van der Waals surface area contributed by atoms with Crippen molar-refractivity contribution in [2.24, 2.45) is 0 Å². The molecule has 0 aromatic heterocycles. The van der Waals surface area contributed by atoms with Crippen molar-refractivity contribution in [3.63, 3.8) is 0 Å². The van der Waals surface area contributed by atoms with Gasteiger partial charge in [0.15, 0.2) is 9.84 Å². The lowest BCUT2D eigenvalue weighted by Gasteiger charge is -2.10. The molecule has 0 saturated carbocycles. The second kappa shape index (κ2) is 3.69. The van der Waals surface area contributed by atoms with E-state index in [1.165, 1.54) is 12.1 Å². The maximum absolute atomic E-state index is 13.3. The Labute approximate surface area is 83.7 Å². The minimum atomic E-state index is -3.51. The summed E-state index contributed by atoms with van der Waals surface area (Å²) in [6.07, 6.45) is 0. The summed E-state index contributed by atoms with van der Waals surface area (Å²) in [5.74, 6) is -0.668. The van der Waals surface area contributed by atoms with E-state index in [1.54, 1.807) is 26.8 Å². The average molecular weight is 216 g/mol. The fourth-order valence-corrected chi connectivity index (χ4v) is 2.54. The largest absolute Gasteiger partial charge is 0.223 e. The second-order valence-corrected chi connectivity index (χ2v) is 5.92. The molecule has 0 aliphatic rings. The van der Waals surface area contributed by atoms with Gasteiger partial charge in [-0.15, -0.1) is 0 Å². The quantitative estimate of drug-likeness (QED) is 0.760. The Balaban J connectivity index is 3.48. The molecule has 0 spiro atoms. The topological polar surface area (TPSA) is 34.1 Å². The lowest BCUT2D eigenvalue weighted by molar-refractivity contribution is 0.559. The summed E-state index contributed by atoms with van der Waals surface area (Å²) < 4.78 is 36.8. The molecule has 0 heterocycles. The van der Waals surface area contributed by atoms with Gasteiger partial charge in [-0.25, -0.2) is 12.8 Å².